The molecule has 16 heteroatoms. The molecule has 2 heterocycles. The third-order valence-corrected chi connectivity index (χ3v) is 11.6. The molecule has 4 amide bonds. The summed E-state index contributed by atoms with van der Waals surface area (Å²) in [5.74, 6) is -1.34. The number of ether oxygens (including phenoxy) is 3. The van der Waals surface area contributed by atoms with Gasteiger partial charge in [-0.05, 0) is 76.3 Å². The number of fused-ring (bicyclic) bond motifs is 1. The summed E-state index contributed by atoms with van der Waals surface area (Å²) in [5, 5.41) is 6.29. The van der Waals surface area contributed by atoms with E-state index in [4.69, 9.17) is 30.8 Å². The van der Waals surface area contributed by atoms with Gasteiger partial charge in [0, 0.05) is 34.5 Å². The molecule has 0 aliphatic carbocycles. The van der Waals surface area contributed by atoms with Crippen LogP contribution >= 0.6 is 11.6 Å². The molecule has 1 aliphatic rings. The van der Waals surface area contributed by atoms with E-state index in [-0.39, 0.29) is 35.7 Å². The Bertz CT molecular complexity index is 2400. The van der Waals surface area contributed by atoms with Crippen molar-refractivity contribution in [3.63, 3.8) is 0 Å². The second-order valence-corrected chi connectivity index (χ2v) is 19.3. The average Bonchev–Trinajstić information content (AvgIpc) is 3.61. The second kappa shape index (κ2) is 18.5. The van der Waals surface area contributed by atoms with E-state index >= 15 is 0 Å². The maximum atomic E-state index is 14.8. The minimum atomic E-state index is -4.42. The zero-order valence-electron chi connectivity index (χ0n) is 35.7. The fourth-order valence-corrected chi connectivity index (χ4v) is 8.24. The van der Waals surface area contributed by atoms with Crippen LogP contribution in [0.25, 0.3) is 22.2 Å². The number of likely N-dealkylation sites (tertiary alicyclic amines) is 1. The van der Waals surface area contributed by atoms with E-state index in [0.717, 1.165) is 5.56 Å². The van der Waals surface area contributed by atoms with Crippen molar-refractivity contribution in [2.45, 2.75) is 102 Å². The number of alkyl carbamates (subject to hydrolysis) is 1. The normalized spacial score (nSPS) is 17.1. The molecule has 61 heavy (non-hydrogen) atoms. The average molecular weight is 876 g/mol. The molecule has 0 spiro atoms. The number of hydrogen-bond donors (Lipinski definition) is 3. The smallest absolute Gasteiger partial charge is 0.408 e. The van der Waals surface area contributed by atoms with Crippen molar-refractivity contribution in [3.8, 4) is 22.8 Å². The van der Waals surface area contributed by atoms with Crippen molar-refractivity contribution >= 4 is 56.3 Å². The fourth-order valence-electron chi connectivity index (χ4n) is 6.86. The number of nitrogens with one attached hydrogen (secondary N) is 3. The lowest BCUT2D eigenvalue weighted by atomic mass is 9.85. The van der Waals surface area contributed by atoms with Crippen molar-refractivity contribution in [2.24, 2.45) is 5.41 Å². The molecular weight excluding hydrogens is 822 g/mol. The number of carbonyl (C=O) groups is 4. The van der Waals surface area contributed by atoms with Crippen LogP contribution in [0.15, 0.2) is 96.4 Å². The van der Waals surface area contributed by atoms with E-state index in [0.29, 0.717) is 28.1 Å². The number of methoxy groups -OCH3 is 1. The number of benzene rings is 3. The van der Waals surface area contributed by atoms with E-state index in [1.807, 2.05) is 36.4 Å². The molecule has 0 bridgehead atoms. The number of carbonyl (C=O) groups excluding carboxylic acids is 4. The highest BCUT2D eigenvalue weighted by molar-refractivity contribution is 7.90. The zero-order chi connectivity index (χ0) is 44.9. The van der Waals surface area contributed by atoms with Gasteiger partial charge in [-0.25, -0.2) is 22.9 Å². The summed E-state index contributed by atoms with van der Waals surface area (Å²) in [6.45, 7) is 15.4. The first-order valence-electron chi connectivity index (χ1n) is 19.8. The van der Waals surface area contributed by atoms with Gasteiger partial charge in [0.25, 0.3) is 15.9 Å². The molecular formula is C45H54ClN5O9S. The van der Waals surface area contributed by atoms with E-state index < -0.39 is 68.6 Å². The van der Waals surface area contributed by atoms with Crippen LogP contribution in [-0.2, 0) is 29.1 Å². The highest BCUT2D eigenvalue weighted by atomic mass is 35.5. The van der Waals surface area contributed by atoms with Gasteiger partial charge in [-0.1, -0.05) is 74.8 Å². The summed E-state index contributed by atoms with van der Waals surface area (Å²) < 4.78 is 46.5. The van der Waals surface area contributed by atoms with Gasteiger partial charge in [0.05, 0.1) is 29.8 Å². The summed E-state index contributed by atoms with van der Waals surface area (Å²) in [5.41, 5.74) is -1.52. The van der Waals surface area contributed by atoms with Gasteiger partial charge in [-0.2, -0.15) is 0 Å². The number of amides is 4. The molecule has 4 aromatic rings. The van der Waals surface area contributed by atoms with Gasteiger partial charge < -0.3 is 29.7 Å². The SMILES string of the molecule is C=CCC[C@](C)(NC(=O)[C@@H]1C[C@@H](Oc2cc(-c3ccccc3)nc3cc(OC)ccc23)CN1C(=O)[C@@H](NC(=O)OC(C)(C)C)C(C)(C)C)C(=O)NS(=O)(=O)c1cccc(Cl)c1. The van der Waals surface area contributed by atoms with Gasteiger partial charge in [0.1, 0.15) is 40.8 Å². The van der Waals surface area contributed by atoms with Gasteiger partial charge in [-0.3, -0.25) is 14.4 Å². The maximum absolute atomic E-state index is 14.8. The van der Waals surface area contributed by atoms with E-state index in [9.17, 15) is 27.6 Å². The molecule has 4 atom stereocenters. The largest absolute Gasteiger partial charge is 0.497 e. The topological polar surface area (TPSA) is 182 Å². The molecule has 326 valence electrons. The lowest BCUT2D eigenvalue weighted by Gasteiger charge is -2.36. The number of allylic oxidation sites excluding steroid dienone is 1. The molecule has 0 radical (unpaired) electrons. The predicted molar refractivity (Wildman–Crippen MR) is 234 cm³/mol. The predicted octanol–water partition coefficient (Wildman–Crippen LogP) is 7.20. The minimum absolute atomic E-state index is 0.0402. The van der Waals surface area contributed by atoms with Crippen LogP contribution in [0.5, 0.6) is 11.5 Å². The Kier molecular flexibility index (Phi) is 14.1. The molecule has 1 saturated heterocycles. The van der Waals surface area contributed by atoms with E-state index in [1.54, 1.807) is 66.9 Å². The number of hydrogen-bond acceptors (Lipinski definition) is 10. The number of pyridine rings is 1. The second-order valence-electron chi connectivity index (χ2n) is 17.2. The molecule has 3 N–H and O–H groups in total. The summed E-state index contributed by atoms with van der Waals surface area (Å²) in [7, 11) is -2.86. The van der Waals surface area contributed by atoms with Crippen molar-refractivity contribution in [2.75, 3.05) is 13.7 Å². The standard InChI is InChI=1S/C45H54ClN5O9S/c1-10-11-22-45(8,41(54)50-61(56,57)32-19-15-18-29(46)23-32)49-39(52)36-25-31(27-51(36)40(53)38(43(2,3)4)48-42(55)60-44(5,6)7)59-37-26-34(28-16-13-12-14-17-28)47-35-24-30(58-9)20-21-33(35)37/h10,12-21,23-24,26,31,36,38H,1,11,22,25,27H2,2-9H3,(H,48,55)(H,49,52)(H,50,54)/t31-,36+,38-,45+/m1/s1. The summed E-state index contributed by atoms with van der Waals surface area (Å²) in [6.07, 6.45) is 0.0641. The molecule has 3 aromatic carbocycles. The lowest BCUT2D eigenvalue weighted by molar-refractivity contribution is -0.143. The van der Waals surface area contributed by atoms with E-state index in [2.05, 4.69) is 21.9 Å². The number of rotatable bonds is 14. The summed E-state index contributed by atoms with van der Waals surface area (Å²) in [4.78, 5) is 62.5. The Balaban J connectivity index is 1.54. The van der Waals surface area contributed by atoms with Crippen LogP contribution in [0, 0.1) is 5.41 Å². The fraction of sp³-hybridized carbons (Fsp3) is 0.400. The Morgan fingerprint density at radius 3 is 2.30 bits per heavy atom. The first kappa shape index (κ1) is 46.4. The molecule has 0 saturated carbocycles. The number of nitrogens with zero attached hydrogens (tertiary/aromatic N) is 2. The van der Waals surface area contributed by atoms with Crippen molar-refractivity contribution in [1.29, 1.82) is 0 Å². The minimum Gasteiger partial charge on any atom is -0.497 e. The van der Waals surface area contributed by atoms with Crippen LogP contribution < -0.4 is 24.8 Å². The first-order valence-corrected chi connectivity index (χ1v) is 21.7. The Labute approximate surface area is 362 Å². The lowest BCUT2D eigenvalue weighted by Crippen LogP contribution is -2.62. The van der Waals surface area contributed by atoms with Crippen LogP contribution in [0.1, 0.15) is 67.7 Å². The molecule has 1 aliphatic heterocycles. The maximum Gasteiger partial charge on any atom is 0.408 e. The van der Waals surface area contributed by atoms with Gasteiger partial charge in [-0.15, -0.1) is 6.58 Å². The van der Waals surface area contributed by atoms with Crippen LogP contribution in [-0.4, -0.2) is 85.1 Å². The number of halogens is 1. The van der Waals surface area contributed by atoms with Crippen molar-refractivity contribution in [3.05, 3.63) is 96.5 Å². The molecule has 0 unspecified atom stereocenters. The molecule has 1 aromatic heterocycles. The van der Waals surface area contributed by atoms with Crippen LogP contribution in [0.4, 0.5) is 4.79 Å². The summed E-state index contributed by atoms with van der Waals surface area (Å²) >= 11 is 6.05. The van der Waals surface area contributed by atoms with Crippen molar-refractivity contribution in [1.82, 2.24) is 25.2 Å². The Morgan fingerprint density at radius 1 is 0.967 bits per heavy atom. The Morgan fingerprint density at radius 2 is 1.67 bits per heavy atom. The first-order chi connectivity index (χ1) is 28.5. The van der Waals surface area contributed by atoms with Gasteiger partial charge in [0.15, 0.2) is 0 Å². The number of aromatic nitrogens is 1. The monoisotopic (exact) mass is 875 g/mol. The third-order valence-electron chi connectivity index (χ3n) is 10.0. The molecule has 14 nitrogen and oxygen atoms in total. The van der Waals surface area contributed by atoms with Crippen LogP contribution in [0.3, 0.4) is 0 Å². The zero-order valence-corrected chi connectivity index (χ0v) is 37.3. The van der Waals surface area contributed by atoms with Gasteiger partial charge >= 0.3 is 6.09 Å². The van der Waals surface area contributed by atoms with Crippen molar-refractivity contribution < 1.29 is 41.8 Å². The quantitative estimate of drug-likeness (QED) is 0.110. The third kappa shape index (κ3) is 11.6. The highest BCUT2D eigenvalue weighted by Gasteiger charge is 2.48. The Hall–Kier alpha value is -5.67. The van der Waals surface area contributed by atoms with Crippen LogP contribution in [0.2, 0.25) is 5.02 Å². The summed E-state index contributed by atoms with van der Waals surface area (Å²) in [6, 6.07) is 19.7. The number of sulfonamides is 1. The molecule has 1 fully saturated rings. The molecule has 5 rings (SSSR count). The van der Waals surface area contributed by atoms with Gasteiger partial charge in [0.2, 0.25) is 11.8 Å². The van der Waals surface area contributed by atoms with E-state index in [1.165, 1.54) is 42.2 Å². The highest BCUT2D eigenvalue weighted by Crippen LogP contribution is 2.35.